The number of hydrogen-bond donors (Lipinski definition) is 2. The van der Waals surface area contributed by atoms with Crippen LogP contribution in [0.4, 0.5) is 13.2 Å². The highest BCUT2D eigenvalue weighted by atomic mass is 19.4. The molecule has 0 aliphatic heterocycles. The molecule has 0 amide bonds. The summed E-state index contributed by atoms with van der Waals surface area (Å²) in [5, 5.41) is 11.6. The number of aliphatic carboxylic acids is 1. The van der Waals surface area contributed by atoms with Gasteiger partial charge in [-0.3, -0.25) is 4.79 Å². The van der Waals surface area contributed by atoms with Gasteiger partial charge in [0.15, 0.2) is 0 Å². The average molecular weight is 289 g/mol. The second kappa shape index (κ2) is 6.74. The van der Waals surface area contributed by atoms with Crippen molar-refractivity contribution in [2.75, 3.05) is 0 Å². The molecule has 0 aromatic heterocycles. The molecule has 3 nitrogen and oxygen atoms in total. The molecule has 0 radical (unpaired) electrons. The lowest BCUT2D eigenvalue weighted by molar-refractivity contribution is -0.139. The Morgan fingerprint density at radius 3 is 2.55 bits per heavy atom. The van der Waals surface area contributed by atoms with Crippen LogP contribution in [0.25, 0.3) is 0 Å². The average Bonchev–Trinajstić information content (AvgIpc) is 2.35. The molecule has 0 heterocycles. The van der Waals surface area contributed by atoms with Gasteiger partial charge in [0.2, 0.25) is 0 Å². The SMILES string of the molecule is CC(CCc1cccc(C(F)(F)F)c1)NC(C)C(=O)O. The predicted molar refractivity (Wildman–Crippen MR) is 69.5 cm³/mol. The smallest absolute Gasteiger partial charge is 0.416 e. The van der Waals surface area contributed by atoms with Crippen LogP contribution in [0.1, 0.15) is 31.4 Å². The number of carboxylic acids is 1. The summed E-state index contributed by atoms with van der Waals surface area (Å²) >= 11 is 0. The Hall–Kier alpha value is -1.56. The van der Waals surface area contributed by atoms with Crippen LogP contribution in [0.2, 0.25) is 0 Å². The van der Waals surface area contributed by atoms with Gasteiger partial charge >= 0.3 is 12.1 Å². The van der Waals surface area contributed by atoms with Gasteiger partial charge in [0, 0.05) is 6.04 Å². The molecule has 112 valence electrons. The van der Waals surface area contributed by atoms with Crippen molar-refractivity contribution in [3.63, 3.8) is 0 Å². The van der Waals surface area contributed by atoms with Crippen LogP contribution in [-0.2, 0) is 17.4 Å². The first-order chi connectivity index (χ1) is 9.20. The third-order valence-corrected chi connectivity index (χ3v) is 3.03. The summed E-state index contributed by atoms with van der Waals surface area (Å²) in [4.78, 5) is 10.7. The molecular formula is C14H18F3NO2. The lowest BCUT2D eigenvalue weighted by atomic mass is 10.0. The number of rotatable bonds is 6. The minimum Gasteiger partial charge on any atom is -0.480 e. The molecule has 0 saturated heterocycles. The van der Waals surface area contributed by atoms with Gasteiger partial charge < -0.3 is 10.4 Å². The minimum absolute atomic E-state index is 0.0874. The number of alkyl halides is 3. The van der Waals surface area contributed by atoms with E-state index in [-0.39, 0.29) is 6.04 Å². The number of halogens is 3. The Bertz CT molecular complexity index is 460. The van der Waals surface area contributed by atoms with Crippen molar-refractivity contribution >= 4 is 5.97 Å². The number of carboxylic acid groups (broad SMARTS) is 1. The fourth-order valence-electron chi connectivity index (χ4n) is 1.87. The topological polar surface area (TPSA) is 49.3 Å². The molecular weight excluding hydrogens is 271 g/mol. The molecule has 0 aliphatic rings. The van der Waals surface area contributed by atoms with Gasteiger partial charge in [0.1, 0.15) is 6.04 Å². The lowest BCUT2D eigenvalue weighted by Gasteiger charge is -2.17. The Kier molecular flexibility index (Phi) is 5.56. The summed E-state index contributed by atoms with van der Waals surface area (Å²) in [6.45, 7) is 3.34. The van der Waals surface area contributed by atoms with E-state index >= 15 is 0 Å². The molecule has 6 heteroatoms. The lowest BCUT2D eigenvalue weighted by Crippen LogP contribution is -2.40. The summed E-state index contributed by atoms with van der Waals surface area (Å²) in [7, 11) is 0. The monoisotopic (exact) mass is 289 g/mol. The van der Waals surface area contributed by atoms with Crippen LogP contribution in [0.5, 0.6) is 0 Å². The molecule has 1 aromatic rings. The van der Waals surface area contributed by atoms with Gasteiger partial charge in [0.25, 0.3) is 0 Å². The highest BCUT2D eigenvalue weighted by Gasteiger charge is 2.30. The number of hydrogen-bond acceptors (Lipinski definition) is 2. The van der Waals surface area contributed by atoms with Crippen molar-refractivity contribution < 1.29 is 23.1 Å². The van der Waals surface area contributed by atoms with Crippen molar-refractivity contribution in [2.45, 2.75) is 44.9 Å². The molecule has 0 spiro atoms. The highest BCUT2D eigenvalue weighted by molar-refractivity contribution is 5.72. The molecule has 2 N–H and O–H groups in total. The van der Waals surface area contributed by atoms with E-state index in [0.717, 1.165) is 12.1 Å². The van der Waals surface area contributed by atoms with Gasteiger partial charge in [0.05, 0.1) is 5.56 Å². The molecule has 1 rings (SSSR count). The van der Waals surface area contributed by atoms with Crippen molar-refractivity contribution in [1.82, 2.24) is 5.32 Å². The van der Waals surface area contributed by atoms with Crippen molar-refractivity contribution in [2.24, 2.45) is 0 Å². The Morgan fingerprint density at radius 2 is 2.00 bits per heavy atom. The molecule has 0 bridgehead atoms. The van der Waals surface area contributed by atoms with E-state index in [4.69, 9.17) is 5.11 Å². The van der Waals surface area contributed by atoms with E-state index in [1.54, 1.807) is 6.07 Å². The maximum Gasteiger partial charge on any atom is 0.416 e. The number of aryl methyl sites for hydroxylation is 1. The molecule has 2 atom stereocenters. The zero-order valence-electron chi connectivity index (χ0n) is 11.4. The third kappa shape index (κ3) is 5.21. The van der Waals surface area contributed by atoms with Crippen molar-refractivity contribution in [3.05, 3.63) is 35.4 Å². The highest BCUT2D eigenvalue weighted by Crippen LogP contribution is 2.29. The van der Waals surface area contributed by atoms with E-state index in [2.05, 4.69) is 5.32 Å². The van der Waals surface area contributed by atoms with Crippen LogP contribution in [-0.4, -0.2) is 23.2 Å². The van der Waals surface area contributed by atoms with Crippen molar-refractivity contribution in [1.29, 1.82) is 0 Å². The van der Waals surface area contributed by atoms with Crippen LogP contribution in [0.15, 0.2) is 24.3 Å². The van der Waals surface area contributed by atoms with Gasteiger partial charge in [-0.1, -0.05) is 18.2 Å². The first kappa shape index (κ1) is 16.5. The van der Waals surface area contributed by atoms with E-state index in [1.807, 2.05) is 6.92 Å². The van der Waals surface area contributed by atoms with Gasteiger partial charge in [-0.15, -0.1) is 0 Å². The molecule has 2 unspecified atom stereocenters. The second-order valence-corrected chi connectivity index (χ2v) is 4.86. The van der Waals surface area contributed by atoms with E-state index in [0.29, 0.717) is 18.4 Å². The van der Waals surface area contributed by atoms with Crippen LogP contribution < -0.4 is 5.32 Å². The number of benzene rings is 1. The third-order valence-electron chi connectivity index (χ3n) is 3.03. The van der Waals surface area contributed by atoms with E-state index < -0.39 is 23.8 Å². The van der Waals surface area contributed by atoms with Crippen LogP contribution in [0.3, 0.4) is 0 Å². The zero-order chi connectivity index (χ0) is 15.3. The second-order valence-electron chi connectivity index (χ2n) is 4.86. The fourth-order valence-corrected chi connectivity index (χ4v) is 1.87. The predicted octanol–water partition coefficient (Wildman–Crippen LogP) is 3.09. The largest absolute Gasteiger partial charge is 0.480 e. The normalized spacial score (nSPS) is 14.8. The first-order valence-electron chi connectivity index (χ1n) is 6.35. The van der Waals surface area contributed by atoms with Gasteiger partial charge in [-0.2, -0.15) is 13.2 Å². The standard InChI is InChI=1S/C14H18F3NO2/c1-9(18-10(2)13(19)20)6-7-11-4-3-5-12(8-11)14(15,16)17/h3-5,8-10,18H,6-7H2,1-2H3,(H,19,20). The Labute approximate surface area is 115 Å². The van der Waals surface area contributed by atoms with E-state index in [9.17, 15) is 18.0 Å². The maximum absolute atomic E-state index is 12.5. The zero-order valence-corrected chi connectivity index (χ0v) is 11.4. The molecule has 0 aliphatic carbocycles. The van der Waals surface area contributed by atoms with Gasteiger partial charge in [-0.05, 0) is 38.3 Å². The van der Waals surface area contributed by atoms with Crippen LogP contribution >= 0.6 is 0 Å². The molecule has 20 heavy (non-hydrogen) atoms. The summed E-state index contributed by atoms with van der Waals surface area (Å²) in [5.74, 6) is -0.948. The Balaban J connectivity index is 2.56. The molecule has 0 saturated carbocycles. The summed E-state index contributed by atoms with van der Waals surface area (Å²) in [6.07, 6.45) is -3.30. The number of nitrogens with one attached hydrogen (secondary N) is 1. The maximum atomic E-state index is 12.5. The summed E-state index contributed by atoms with van der Waals surface area (Å²) in [5.41, 5.74) is -0.0639. The van der Waals surface area contributed by atoms with Crippen LogP contribution in [0, 0.1) is 0 Å². The van der Waals surface area contributed by atoms with Gasteiger partial charge in [-0.25, -0.2) is 0 Å². The first-order valence-corrected chi connectivity index (χ1v) is 6.35. The van der Waals surface area contributed by atoms with E-state index in [1.165, 1.54) is 13.0 Å². The number of carbonyl (C=O) groups is 1. The summed E-state index contributed by atoms with van der Waals surface area (Å²) in [6, 6.07) is 4.44. The Morgan fingerprint density at radius 1 is 1.35 bits per heavy atom. The molecule has 0 fully saturated rings. The van der Waals surface area contributed by atoms with Crippen molar-refractivity contribution in [3.8, 4) is 0 Å². The minimum atomic E-state index is -4.34. The fraction of sp³-hybridized carbons (Fsp3) is 0.500. The molecule has 1 aromatic carbocycles. The quantitative estimate of drug-likeness (QED) is 0.846. The summed E-state index contributed by atoms with van der Waals surface area (Å²) < 4.78 is 37.6.